The highest BCUT2D eigenvalue weighted by Gasteiger charge is 2.28. The van der Waals surface area contributed by atoms with Crippen LogP contribution in [-0.2, 0) is 17.6 Å². The van der Waals surface area contributed by atoms with Crippen LogP contribution in [0.5, 0.6) is 0 Å². The van der Waals surface area contributed by atoms with Crippen molar-refractivity contribution in [1.29, 1.82) is 0 Å². The van der Waals surface area contributed by atoms with E-state index in [4.69, 9.17) is 4.98 Å². The fraction of sp³-hybridized carbons (Fsp3) is 0.458. The van der Waals surface area contributed by atoms with Crippen molar-refractivity contribution in [2.24, 2.45) is 0 Å². The van der Waals surface area contributed by atoms with Gasteiger partial charge >= 0.3 is 0 Å². The number of hydrogen-bond donors (Lipinski definition) is 0. The Morgan fingerprint density at radius 3 is 2.68 bits per heavy atom. The summed E-state index contributed by atoms with van der Waals surface area (Å²) in [6, 6.07) is 6.13. The van der Waals surface area contributed by atoms with E-state index in [1.54, 1.807) is 15.9 Å². The second-order valence-electron chi connectivity index (χ2n) is 8.65. The Morgan fingerprint density at radius 2 is 1.94 bits per heavy atom. The third kappa shape index (κ3) is 3.61. The zero-order chi connectivity index (χ0) is 21.7. The molecule has 1 aliphatic heterocycles. The highest BCUT2D eigenvalue weighted by molar-refractivity contribution is 8.00. The first-order valence-electron chi connectivity index (χ1n) is 11.0. The monoisotopic (exact) mass is 453 g/mol. The van der Waals surface area contributed by atoms with E-state index >= 15 is 0 Å². The molecule has 1 amide bonds. The molecule has 3 aromatic rings. The summed E-state index contributed by atoms with van der Waals surface area (Å²) in [6.07, 6.45) is 5.24. The van der Waals surface area contributed by atoms with E-state index in [-0.39, 0.29) is 16.7 Å². The Hall–Kier alpha value is -2.12. The van der Waals surface area contributed by atoms with Crippen molar-refractivity contribution in [3.8, 4) is 5.69 Å². The Kier molecular flexibility index (Phi) is 5.42. The normalized spacial score (nSPS) is 16.8. The van der Waals surface area contributed by atoms with Crippen molar-refractivity contribution in [3.05, 3.63) is 50.1 Å². The van der Waals surface area contributed by atoms with Crippen molar-refractivity contribution in [2.45, 2.75) is 63.3 Å². The van der Waals surface area contributed by atoms with E-state index in [9.17, 15) is 9.59 Å². The first-order chi connectivity index (χ1) is 14.9. The maximum absolute atomic E-state index is 13.8. The minimum Gasteiger partial charge on any atom is -0.342 e. The molecule has 0 saturated carbocycles. The SMILES string of the molecule is Cc1ccc(-n2c(SC(C)C(=O)N3CCCC3)nc3sc4c(c3c2=O)CCC4)c(C)c1. The van der Waals surface area contributed by atoms with E-state index < -0.39 is 0 Å². The van der Waals surface area contributed by atoms with Crippen molar-refractivity contribution in [3.63, 3.8) is 0 Å². The summed E-state index contributed by atoms with van der Waals surface area (Å²) in [5.74, 6) is 0.137. The van der Waals surface area contributed by atoms with Gasteiger partial charge in [0.2, 0.25) is 5.91 Å². The summed E-state index contributed by atoms with van der Waals surface area (Å²) >= 11 is 3.06. The van der Waals surface area contributed by atoms with Crippen molar-refractivity contribution < 1.29 is 4.79 Å². The Bertz CT molecular complexity index is 1240. The first-order valence-corrected chi connectivity index (χ1v) is 12.7. The predicted molar refractivity (Wildman–Crippen MR) is 128 cm³/mol. The molecule has 162 valence electrons. The zero-order valence-electron chi connectivity index (χ0n) is 18.2. The molecule has 7 heteroatoms. The molecular weight excluding hydrogens is 426 g/mol. The van der Waals surface area contributed by atoms with E-state index in [0.717, 1.165) is 72.2 Å². The molecule has 1 aliphatic carbocycles. The van der Waals surface area contributed by atoms with E-state index in [1.807, 2.05) is 30.9 Å². The van der Waals surface area contributed by atoms with E-state index in [1.165, 1.54) is 22.2 Å². The molecule has 2 aliphatic rings. The summed E-state index contributed by atoms with van der Waals surface area (Å²) in [5.41, 5.74) is 4.24. The number of carbonyl (C=O) groups excluding carboxylic acids is 1. The lowest BCUT2D eigenvalue weighted by Crippen LogP contribution is -2.34. The number of fused-ring (bicyclic) bond motifs is 3. The highest BCUT2D eigenvalue weighted by atomic mass is 32.2. The molecule has 1 fully saturated rings. The number of likely N-dealkylation sites (tertiary alicyclic amines) is 1. The maximum Gasteiger partial charge on any atom is 0.267 e. The van der Waals surface area contributed by atoms with Gasteiger partial charge in [-0.3, -0.25) is 14.2 Å². The third-order valence-electron chi connectivity index (χ3n) is 6.35. The number of thiophene rings is 1. The Morgan fingerprint density at radius 1 is 1.16 bits per heavy atom. The highest BCUT2D eigenvalue weighted by Crippen LogP contribution is 2.37. The summed E-state index contributed by atoms with van der Waals surface area (Å²) in [7, 11) is 0. The van der Waals surface area contributed by atoms with Gasteiger partial charge < -0.3 is 4.90 Å². The minimum absolute atomic E-state index is 0.000301. The molecule has 0 bridgehead atoms. The Balaban J connectivity index is 1.65. The van der Waals surface area contributed by atoms with Gasteiger partial charge in [-0.25, -0.2) is 4.98 Å². The maximum atomic E-state index is 13.8. The molecular formula is C24H27N3O2S2. The van der Waals surface area contributed by atoms with Gasteiger partial charge in [0.1, 0.15) is 4.83 Å². The van der Waals surface area contributed by atoms with E-state index in [2.05, 4.69) is 13.0 Å². The van der Waals surface area contributed by atoms with Crippen LogP contribution in [0.15, 0.2) is 28.2 Å². The lowest BCUT2D eigenvalue weighted by Gasteiger charge is -2.21. The summed E-state index contributed by atoms with van der Waals surface area (Å²) in [6.45, 7) is 7.68. The van der Waals surface area contributed by atoms with Gasteiger partial charge in [0.15, 0.2) is 5.16 Å². The average molecular weight is 454 g/mol. The van der Waals surface area contributed by atoms with E-state index in [0.29, 0.717) is 5.16 Å². The van der Waals surface area contributed by atoms with Crippen LogP contribution in [0.2, 0.25) is 0 Å². The van der Waals surface area contributed by atoms with Crippen LogP contribution >= 0.6 is 23.1 Å². The largest absolute Gasteiger partial charge is 0.342 e. The van der Waals surface area contributed by atoms with Crippen LogP contribution in [0.4, 0.5) is 0 Å². The van der Waals surface area contributed by atoms with Crippen LogP contribution in [0.3, 0.4) is 0 Å². The van der Waals surface area contributed by atoms with Crippen LogP contribution in [-0.4, -0.2) is 38.7 Å². The van der Waals surface area contributed by atoms with Crippen molar-refractivity contribution >= 4 is 39.2 Å². The fourth-order valence-corrected chi connectivity index (χ4v) is 7.08. The molecule has 1 saturated heterocycles. The first kappa shape index (κ1) is 20.8. The fourth-order valence-electron chi connectivity index (χ4n) is 4.78. The zero-order valence-corrected chi connectivity index (χ0v) is 19.9. The van der Waals surface area contributed by atoms with Gasteiger partial charge in [-0.05, 0) is 70.1 Å². The number of aryl methyl sites for hydroxylation is 4. The van der Waals surface area contributed by atoms with Crippen molar-refractivity contribution in [2.75, 3.05) is 13.1 Å². The molecule has 0 spiro atoms. The molecule has 2 aromatic heterocycles. The predicted octanol–water partition coefficient (Wildman–Crippen LogP) is 4.66. The standard InChI is InChI=1S/C24H27N3O2S2/c1-14-9-10-18(15(2)13-14)27-23(29)20-17-7-6-8-19(17)31-21(20)25-24(27)30-16(3)22(28)26-11-4-5-12-26/h9-10,13,16H,4-8,11-12H2,1-3H3. The molecule has 1 atom stereocenters. The minimum atomic E-state index is -0.286. The molecule has 5 rings (SSSR count). The number of amides is 1. The van der Waals surface area contributed by atoms with Crippen LogP contribution in [0, 0.1) is 13.8 Å². The summed E-state index contributed by atoms with van der Waals surface area (Å²) in [5, 5.41) is 1.11. The second kappa shape index (κ2) is 8.10. The molecule has 0 N–H and O–H groups in total. The molecule has 0 radical (unpaired) electrons. The number of carbonyl (C=O) groups is 1. The molecule has 1 unspecified atom stereocenters. The molecule has 31 heavy (non-hydrogen) atoms. The summed E-state index contributed by atoms with van der Waals surface area (Å²) < 4.78 is 1.75. The van der Waals surface area contributed by atoms with Crippen LogP contribution < -0.4 is 5.56 Å². The van der Waals surface area contributed by atoms with Gasteiger partial charge in [0, 0.05) is 18.0 Å². The number of hydrogen-bond acceptors (Lipinski definition) is 5. The van der Waals surface area contributed by atoms with Gasteiger partial charge in [0.05, 0.1) is 16.3 Å². The smallest absolute Gasteiger partial charge is 0.267 e. The lowest BCUT2D eigenvalue weighted by atomic mass is 10.1. The lowest BCUT2D eigenvalue weighted by molar-refractivity contribution is -0.129. The summed E-state index contributed by atoms with van der Waals surface area (Å²) in [4.78, 5) is 35.8. The van der Waals surface area contributed by atoms with Crippen LogP contribution in [0.25, 0.3) is 15.9 Å². The van der Waals surface area contributed by atoms with Gasteiger partial charge in [-0.2, -0.15) is 0 Å². The number of benzene rings is 1. The van der Waals surface area contributed by atoms with Crippen molar-refractivity contribution in [1.82, 2.24) is 14.5 Å². The molecule has 1 aromatic carbocycles. The number of aromatic nitrogens is 2. The molecule has 5 nitrogen and oxygen atoms in total. The number of thioether (sulfide) groups is 1. The molecule has 3 heterocycles. The van der Waals surface area contributed by atoms with Gasteiger partial charge in [-0.15, -0.1) is 11.3 Å². The van der Waals surface area contributed by atoms with Gasteiger partial charge in [-0.1, -0.05) is 29.5 Å². The second-order valence-corrected chi connectivity index (χ2v) is 11.0. The number of rotatable bonds is 4. The topological polar surface area (TPSA) is 55.2 Å². The third-order valence-corrected chi connectivity index (χ3v) is 8.57. The van der Waals surface area contributed by atoms with Crippen LogP contribution in [0.1, 0.15) is 47.8 Å². The number of nitrogens with zero attached hydrogens (tertiary/aromatic N) is 3. The average Bonchev–Trinajstić information content (AvgIpc) is 3.45. The van der Waals surface area contributed by atoms with Gasteiger partial charge in [0.25, 0.3) is 5.56 Å². The Labute approximate surface area is 190 Å². The quantitative estimate of drug-likeness (QED) is 0.426.